The van der Waals surface area contributed by atoms with Crippen LogP contribution in [0, 0.1) is 11.7 Å². The van der Waals surface area contributed by atoms with E-state index in [4.69, 9.17) is 14.0 Å². The fraction of sp³-hybridized carbons (Fsp3) is 0.412. The van der Waals surface area contributed by atoms with Crippen LogP contribution in [0.5, 0.6) is 5.75 Å². The number of carboxylic acids is 1. The predicted octanol–water partition coefficient (Wildman–Crippen LogP) is 3.03. The molecule has 1 aliphatic rings. The third-order valence-corrected chi connectivity index (χ3v) is 4.13. The second kappa shape index (κ2) is 7.52. The van der Waals surface area contributed by atoms with E-state index in [9.17, 15) is 14.3 Å². The lowest BCUT2D eigenvalue weighted by atomic mass is 10.0. The van der Waals surface area contributed by atoms with Crippen molar-refractivity contribution >= 4 is 11.8 Å². The summed E-state index contributed by atoms with van der Waals surface area (Å²) in [6.45, 7) is 1.94. The maximum absolute atomic E-state index is 13.6. The van der Waals surface area contributed by atoms with E-state index in [1.165, 1.54) is 25.3 Å². The normalized spacial score (nSPS) is 17.3. The minimum Gasteiger partial charge on any atom is -0.494 e. The fourth-order valence-electron chi connectivity index (χ4n) is 2.82. The molecule has 2 N–H and O–H groups in total. The highest BCUT2D eigenvalue weighted by Gasteiger charge is 2.25. The number of anilines is 1. The van der Waals surface area contributed by atoms with Crippen molar-refractivity contribution in [3.8, 4) is 17.1 Å². The Balaban J connectivity index is 1.85. The van der Waals surface area contributed by atoms with Gasteiger partial charge in [-0.15, -0.1) is 0 Å². The van der Waals surface area contributed by atoms with E-state index >= 15 is 0 Å². The molecule has 0 saturated carbocycles. The minimum atomic E-state index is -1.18. The van der Waals surface area contributed by atoms with E-state index in [1.54, 1.807) is 0 Å². The number of nitrogens with zero attached hydrogens (tertiary/aromatic N) is 1. The summed E-state index contributed by atoms with van der Waals surface area (Å²) in [7, 11) is 1.33. The van der Waals surface area contributed by atoms with Crippen molar-refractivity contribution in [3.05, 3.63) is 29.6 Å². The quantitative estimate of drug-likeness (QED) is 0.827. The fourth-order valence-corrected chi connectivity index (χ4v) is 2.82. The van der Waals surface area contributed by atoms with Crippen molar-refractivity contribution in [2.75, 3.05) is 32.2 Å². The maximum atomic E-state index is 13.6. The molecule has 1 aliphatic heterocycles. The molecule has 1 fully saturated rings. The Hall–Kier alpha value is -2.61. The Bertz CT molecular complexity index is 755. The van der Waals surface area contributed by atoms with Crippen molar-refractivity contribution in [3.63, 3.8) is 0 Å². The van der Waals surface area contributed by atoms with E-state index in [0.29, 0.717) is 24.6 Å². The molecule has 25 heavy (non-hydrogen) atoms. The number of aromatic carboxylic acids is 1. The second-order valence-corrected chi connectivity index (χ2v) is 5.85. The monoisotopic (exact) mass is 350 g/mol. The number of hydrogen-bond donors (Lipinski definition) is 2. The molecular formula is C17H19FN2O5. The molecule has 7 nitrogen and oxygen atoms in total. The molecule has 2 heterocycles. The first-order valence-electron chi connectivity index (χ1n) is 7.98. The van der Waals surface area contributed by atoms with Crippen LogP contribution in [0.15, 0.2) is 22.7 Å². The minimum absolute atomic E-state index is 0.000831. The predicted molar refractivity (Wildman–Crippen MR) is 87.4 cm³/mol. The molecule has 1 atom stereocenters. The number of rotatable bonds is 6. The zero-order valence-electron chi connectivity index (χ0n) is 13.8. The Kier molecular flexibility index (Phi) is 5.18. The average Bonchev–Trinajstić information content (AvgIpc) is 3.05. The number of halogens is 1. The van der Waals surface area contributed by atoms with E-state index in [0.717, 1.165) is 19.4 Å². The molecule has 1 aromatic carbocycles. The number of ether oxygens (including phenoxy) is 2. The number of benzene rings is 1. The van der Waals surface area contributed by atoms with E-state index in [2.05, 4.69) is 10.5 Å². The lowest BCUT2D eigenvalue weighted by molar-refractivity contribution is 0.0594. The van der Waals surface area contributed by atoms with E-state index in [-0.39, 0.29) is 22.9 Å². The van der Waals surface area contributed by atoms with Gasteiger partial charge in [-0.05, 0) is 37.0 Å². The third kappa shape index (κ3) is 3.74. The van der Waals surface area contributed by atoms with Gasteiger partial charge in [0.05, 0.1) is 13.7 Å². The van der Waals surface area contributed by atoms with Crippen LogP contribution < -0.4 is 10.1 Å². The van der Waals surface area contributed by atoms with Crippen molar-refractivity contribution in [2.45, 2.75) is 12.8 Å². The van der Waals surface area contributed by atoms with Gasteiger partial charge in [-0.2, -0.15) is 0 Å². The van der Waals surface area contributed by atoms with Gasteiger partial charge in [-0.25, -0.2) is 9.18 Å². The Labute approximate surface area is 143 Å². The van der Waals surface area contributed by atoms with Crippen LogP contribution in [0.2, 0.25) is 0 Å². The summed E-state index contributed by atoms with van der Waals surface area (Å²) in [4.78, 5) is 11.7. The molecule has 2 aromatic rings. The largest absolute Gasteiger partial charge is 0.494 e. The van der Waals surface area contributed by atoms with Crippen molar-refractivity contribution in [1.29, 1.82) is 0 Å². The molecular weight excluding hydrogens is 331 g/mol. The first kappa shape index (κ1) is 17.2. The first-order valence-corrected chi connectivity index (χ1v) is 7.98. The number of methoxy groups -OCH3 is 1. The number of carbonyl (C=O) groups is 1. The maximum Gasteiger partial charge on any atom is 0.343 e. The summed E-state index contributed by atoms with van der Waals surface area (Å²) >= 11 is 0. The SMILES string of the molecule is COc1cc(-c2onc(NCC3CCCOC3)c2C(=O)O)ccc1F. The molecule has 0 amide bonds. The van der Waals surface area contributed by atoms with Crippen LogP contribution in [0.4, 0.5) is 10.2 Å². The molecule has 0 radical (unpaired) electrons. The van der Waals surface area contributed by atoms with E-state index < -0.39 is 11.8 Å². The summed E-state index contributed by atoms with van der Waals surface area (Å²) < 4.78 is 29.1. The van der Waals surface area contributed by atoms with Gasteiger partial charge >= 0.3 is 5.97 Å². The van der Waals surface area contributed by atoms with Gasteiger partial charge in [-0.3, -0.25) is 0 Å². The van der Waals surface area contributed by atoms with E-state index in [1.807, 2.05) is 0 Å². The third-order valence-electron chi connectivity index (χ3n) is 4.13. The average molecular weight is 350 g/mol. The lowest BCUT2D eigenvalue weighted by Gasteiger charge is -2.22. The van der Waals surface area contributed by atoms with Crippen LogP contribution >= 0.6 is 0 Å². The molecule has 1 saturated heterocycles. The topological polar surface area (TPSA) is 93.8 Å². The van der Waals surface area contributed by atoms with Crippen molar-refractivity contribution in [1.82, 2.24) is 5.16 Å². The van der Waals surface area contributed by atoms with Crippen molar-refractivity contribution < 1.29 is 28.3 Å². The molecule has 8 heteroatoms. The van der Waals surface area contributed by atoms with Crippen LogP contribution in [0.1, 0.15) is 23.2 Å². The molecule has 134 valence electrons. The first-order chi connectivity index (χ1) is 12.1. The van der Waals surface area contributed by atoms with Gasteiger partial charge in [-0.1, -0.05) is 5.16 Å². The lowest BCUT2D eigenvalue weighted by Crippen LogP contribution is -2.24. The van der Waals surface area contributed by atoms with Crippen LogP contribution in [0.25, 0.3) is 11.3 Å². The number of carboxylic acid groups (broad SMARTS) is 1. The van der Waals surface area contributed by atoms with Gasteiger partial charge in [0, 0.05) is 18.7 Å². The highest BCUT2D eigenvalue weighted by atomic mass is 19.1. The second-order valence-electron chi connectivity index (χ2n) is 5.85. The summed E-state index contributed by atoms with van der Waals surface area (Å²) in [5.41, 5.74) is 0.280. The van der Waals surface area contributed by atoms with Crippen LogP contribution in [-0.2, 0) is 4.74 Å². The Morgan fingerprint density at radius 2 is 2.36 bits per heavy atom. The van der Waals surface area contributed by atoms with Crippen molar-refractivity contribution in [2.24, 2.45) is 5.92 Å². The molecule has 3 rings (SSSR count). The zero-order chi connectivity index (χ0) is 17.8. The Morgan fingerprint density at radius 1 is 1.52 bits per heavy atom. The highest BCUT2D eigenvalue weighted by Crippen LogP contribution is 2.32. The van der Waals surface area contributed by atoms with Gasteiger partial charge < -0.3 is 24.4 Å². The summed E-state index contributed by atoms with van der Waals surface area (Å²) in [6, 6.07) is 3.99. The summed E-state index contributed by atoms with van der Waals surface area (Å²) in [5, 5.41) is 16.4. The molecule has 1 aromatic heterocycles. The standard InChI is InChI=1S/C17H19FN2O5/c1-23-13-7-11(4-5-12(13)18)15-14(17(21)22)16(20-25-15)19-8-10-3-2-6-24-9-10/h4-5,7,10H,2-3,6,8-9H2,1H3,(H,19,20)(H,21,22). The van der Waals surface area contributed by atoms with Gasteiger partial charge in [0.15, 0.2) is 28.7 Å². The van der Waals surface area contributed by atoms with Crippen LogP contribution in [0.3, 0.4) is 0 Å². The number of hydrogen-bond acceptors (Lipinski definition) is 6. The van der Waals surface area contributed by atoms with Gasteiger partial charge in [0.2, 0.25) is 0 Å². The van der Waals surface area contributed by atoms with Gasteiger partial charge in [0.1, 0.15) is 0 Å². The van der Waals surface area contributed by atoms with Gasteiger partial charge in [0.25, 0.3) is 0 Å². The summed E-state index contributed by atoms with van der Waals surface area (Å²) in [6.07, 6.45) is 1.99. The number of nitrogens with one attached hydrogen (secondary N) is 1. The molecule has 0 aliphatic carbocycles. The molecule has 1 unspecified atom stereocenters. The molecule has 0 bridgehead atoms. The highest BCUT2D eigenvalue weighted by molar-refractivity contribution is 5.99. The smallest absolute Gasteiger partial charge is 0.343 e. The summed E-state index contributed by atoms with van der Waals surface area (Å²) in [5.74, 6) is -1.23. The molecule has 0 spiro atoms. The van der Waals surface area contributed by atoms with Crippen LogP contribution in [-0.4, -0.2) is 43.1 Å². The zero-order valence-corrected chi connectivity index (χ0v) is 13.8. The Morgan fingerprint density at radius 3 is 3.04 bits per heavy atom. The number of aromatic nitrogens is 1.